The summed E-state index contributed by atoms with van der Waals surface area (Å²) in [6.45, 7) is -0.945. The number of hydrogen-bond donors (Lipinski definition) is 0. The predicted octanol–water partition coefficient (Wildman–Crippen LogP) is -1.62. The molecule has 0 N–H and O–H groups in total. The molecule has 3 atom stereocenters. The highest BCUT2D eigenvalue weighted by Gasteiger charge is 2.31. The average Bonchev–Trinajstić information content (AvgIpc) is 2.91. The molecule has 0 aromatic rings. The summed E-state index contributed by atoms with van der Waals surface area (Å²) in [5.41, 5.74) is 0. The van der Waals surface area contributed by atoms with Crippen LogP contribution >= 0.6 is 0 Å². The maximum absolute atomic E-state index is 11.4. The molecule has 2 rings (SSSR count). The first-order valence-electron chi connectivity index (χ1n) is 5.43. The van der Waals surface area contributed by atoms with Crippen molar-refractivity contribution in [2.75, 3.05) is 25.6 Å². The number of rotatable bonds is 6. The van der Waals surface area contributed by atoms with Crippen LogP contribution in [-0.2, 0) is 52.8 Å². The van der Waals surface area contributed by atoms with Gasteiger partial charge in [0.1, 0.15) is 12.2 Å². The molecule has 10 nitrogen and oxygen atoms in total. The van der Waals surface area contributed by atoms with E-state index in [-0.39, 0.29) is 18.8 Å². The predicted molar refractivity (Wildman–Crippen MR) is 63.1 cm³/mol. The van der Waals surface area contributed by atoms with Gasteiger partial charge in [-0.15, -0.1) is 0 Å². The number of hydrogen-bond acceptors (Lipinski definition) is 10. The quantitative estimate of drug-likeness (QED) is 0.514. The minimum Gasteiger partial charge on any atom is -0.266 e. The first-order chi connectivity index (χ1) is 9.26. The Kier molecular flexibility index (Phi) is 5.12. The second-order valence-corrected chi connectivity index (χ2v) is 7.79. The van der Waals surface area contributed by atoms with E-state index in [1.54, 1.807) is 0 Å². The molecular weight excluding hydrogens is 340 g/mol. The average molecular weight is 352 g/mol. The van der Waals surface area contributed by atoms with Crippen molar-refractivity contribution in [3.05, 3.63) is 0 Å². The van der Waals surface area contributed by atoms with E-state index in [0.29, 0.717) is 0 Å². The first kappa shape index (κ1) is 16.2. The molecule has 0 radical (unpaired) electrons. The molecule has 0 aliphatic carbocycles. The Balaban J connectivity index is 1.73. The maximum atomic E-state index is 11.4. The smallest absolute Gasteiger partial charge is 0.266 e. The summed E-state index contributed by atoms with van der Waals surface area (Å²) < 4.78 is 78.1. The van der Waals surface area contributed by atoms with Crippen LogP contribution in [0.4, 0.5) is 0 Å². The van der Waals surface area contributed by atoms with Crippen LogP contribution < -0.4 is 0 Å². The lowest BCUT2D eigenvalue weighted by molar-refractivity contribution is 0.108. The fraction of sp³-hybridized carbons (Fsp3) is 1.00. The zero-order valence-electron chi connectivity index (χ0n) is 10.00. The molecule has 2 aliphatic rings. The fourth-order valence-electron chi connectivity index (χ4n) is 1.42. The lowest BCUT2D eigenvalue weighted by Gasteiger charge is -2.10. The van der Waals surface area contributed by atoms with E-state index in [9.17, 15) is 21.0 Å². The van der Waals surface area contributed by atoms with Crippen molar-refractivity contribution in [3.63, 3.8) is 0 Å². The third kappa shape index (κ3) is 5.00. The highest BCUT2D eigenvalue weighted by Crippen LogP contribution is 2.17. The third-order valence-corrected chi connectivity index (χ3v) is 5.24. The monoisotopic (exact) mass is 352 g/mol. The fourth-order valence-corrected chi connectivity index (χ4v) is 3.99. The Morgan fingerprint density at radius 2 is 1.85 bits per heavy atom. The van der Waals surface area contributed by atoms with E-state index in [1.807, 2.05) is 0 Å². The van der Waals surface area contributed by atoms with Crippen LogP contribution in [-0.4, -0.2) is 58.8 Å². The Bertz CT molecular complexity index is 566. The van der Waals surface area contributed by atoms with Gasteiger partial charge < -0.3 is 0 Å². The Morgan fingerprint density at radius 3 is 2.35 bits per heavy atom. The molecule has 0 aromatic carbocycles. The SMILES string of the molecule is O=S1OCC(COS(=O)(=O)OCC2CCS(=O)(=O)O2)O1. The van der Waals surface area contributed by atoms with Gasteiger partial charge in [-0.05, 0) is 6.42 Å². The molecule has 0 bridgehead atoms. The highest BCUT2D eigenvalue weighted by atomic mass is 32.3. The third-order valence-electron chi connectivity index (χ3n) is 2.33. The van der Waals surface area contributed by atoms with Crippen LogP contribution in [0.3, 0.4) is 0 Å². The van der Waals surface area contributed by atoms with Gasteiger partial charge in [-0.3, -0.25) is 12.5 Å². The van der Waals surface area contributed by atoms with Crippen LogP contribution in [0.5, 0.6) is 0 Å². The molecule has 2 fully saturated rings. The van der Waals surface area contributed by atoms with Crippen LogP contribution in [0.15, 0.2) is 0 Å². The molecule has 0 saturated carbocycles. The van der Waals surface area contributed by atoms with E-state index in [1.165, 1.54) is 0 Å². The van der Waals surface area contributed by atoms with Gasteiger partial charge in [-0.25, -0.2) is 8.37 Å². The van der Waals surface area contributed by atoms with Crippen molar-refractivity contribution in [2.24, 2.45) is 0 Å². The van der Waals surface area contributed by atoms with E-state index in [2.05, 4.69) is 20.9 Å². The second kappa shape index (κ2) is 6.31. The first-order valence-corrected chi connectivity index (χ1v) is 9.34. The van der Waals surface area contributed by atoms with Gasteiger partial charge >= 0.3 is 21.8 Å². The van der Waals surface area contributed by atoms with E-state index in [4.69, 9.17) is 0 Å². The van der Waals surface area contributed by atoms with Crippen LogP contribution in [0, 0.1) is 0 Å². The molecular formula is C7H12O10S3. The molecule has 2 saturated heterocycles. The zero-order chi connectivity index (χ0) is 14.8. The van der Waals surface area contributed by atoms with Gasteiger partial charge in [-0.1, -0.05) is 0 Å². The van der Waals surface area contributed by atoms with Gasteiger partial charge in [0.05, 0.1) is 25.6 Å². The molecule has 20 heavy (non-hydrogen) atoms. The van der Waals surface area contributed by atoms with E-state index >= 15 is 0 Å². The lowest BCUT2D eigenvalue weighted by Crippen LogP contribution is -2.24. The lowest BCUT2D eigenvalue weighted by atomic mass is 10.3. The van der Waals surface area contributed by atoms with Crippen molar-refractivity contribution in [2.45, 2.75) is 18.6 Å². The molecule has 118 valence electrons. The molecule has 0 spiro atoms. The molecule has 0 amide bonds. The summed E-state index contributed by atoms with van der Waals surface area (Å²) in [6, 6.07) is 0. The van der Waals surface area contributed by atoms with E-state index in [0.717, 1.165) is 0 Å². The van der Waals surface area contributed by atoms with Crippen molar-refractivity contribution in [1.82, 2.24) is 0 Å². The van der Waals surface area contributed by atoms with Gasteiger partial charge in [0.25, 0.3) is 10.1 Å². The summed E-state index contributed by atoms with van der Waals surface area (Å²) >= 11 is -1.90. The zero-order valence-corrected chi connectivity index (χ0v) is 12.4. The van der Waals surface area contributed by atoms with Gasteiger partial charge in [0.2, 0.25) is 0 Å². The van der Waals surface area contributed by atoms with Crippen LogP contribution in [0.1, 0.15) is 6.42 Å². The normalized spacial score (nSPS) is 33.5. The van der Waals surface area contributed by atoms with Gasteiger partial charge in [-0.2, -0.15) is 21.0 Å². The summed E-state index contributed by atoms with van der Waals surface area (Å²) in [5, 5.41) is 0. The van der Waals surface area contributed by atoms with Crippen molar-refractivity contribution in [3.8, 4) is 0 Å². The standard InChI is InChI=1S/C7H12O10S3/c8-18-13-3-7(16-18)5-15-20(11,12)14-4-6-1-2-19(9,10)17-6/h6-7H,1-5H2. The Morgan fingerprint density at radius 1 is 1.20 bits per heavy atom. The Labute approximate surface area is 118 Å². The van der Waals surface area contributed by atoms with Crippen molar-refractivity contribution >= 4 is 31.9 Å². The van der Waals surface area contributed by atoms with Crippen LogP contribution in [0.2, 0.25) is 0 Å². The Hall–Kier alpha value is -0.150. The van der Waals surface area contributed by atoms with Gasteiger partial charge in [0, 0.05) is 0 Å². The summed E-state index contributed by atoms with van der Waals surface area (Å²) in [6.07, 6.45) is -1.48. The molecule has 13 heteroatoms. The summed E-state index contributed by atoms with van der Waals surface area (Å²) in [7, 11) is -7.90. The van der Waals surface area contributed by atoms with Crippen molar-refractivity contribution in [1.29, 1.82) is 0 Å². The summed E-state index contributed by atoms with van der Waals surface area (Å²) in [5.74, 6) is -0.180. The van der Waals surface area contributed by atoms with Crippen LogP contribution in [0.25, 0.3) is 0 Å². The maximum Gasteiger partial charge on any atom is 0.400 e. The topological polar surface area (TPSA) is 132 Å². The van der Waals surface area contributed by atoms with E-state index < -0.39 is 57.3 Å². The second-order valence-electron chi connectivity index (χ2n) is 3.95. The van der Waals surface area contributed by atoms with Crippen molar-refractivity contribution < 1.29 is 42.0 Å². The summed E-state index contributed by atoms with van der Waals surface area (Å²) in [4.78, 5) is 0. The largest absolute Gasteiger partial charge is 0.400 e. The molecule has 2 aliphatic heterocycles. The van der Waals surface area contributed by atoms with Gasteiger partial charge in [0.15, 0.2) is 0 Å². The highest BCUT2D eigenvalue weighted by molar-refractivity contribution is 7.86. The minimum atomic E-state index is -4.32. The molecule has 3 unspecified atom stereocenters. The molecule has 0 aromatic heterocycles. The minimum absolute atomic E-state index is 0.0634. The molecule has 2 heterocycles.